The van der Waals surface area contributed by atoms with Crippen LogP contribution in [0.1, 0.15) is 42.0 Å². The number of thiophene rings is 1. The van der Waals surface area contributed by atoms with Crippen molar-refractivity contribution in [2.75, 3.05) is 0 Å². The second-order valence-corrected chi connectivity index (χ2v) is 5.62. The van der Waals surface area contributed by atoms with Crippen molar-refractivity contribution in [2.45, 2.75) is 45.1 Å². The van der Waals surface area contributed by atoms with Gasteiger partial charge >= 0.3 is 0 Å². The minimum atomic E-state index is -0.151. The molecular weight excluding hydrogens is 178 g/mol. The lowest BCUT2D eigenvalue weighted by Gasteiger charge is -2.15. The molecule has 1 nitrogen and oxygen atoms in total. The average molecular weight is 195 g/mol. The summed E-state index contributed by atoms with van der Waals surface area (Å²) < 4.78 is 0. The zero-order chi connectivity index (χ0) is 9.47. The van der Waals surface area contributed by atoms with Crippen molar-refractivity contribution in [1.82, 2.24) is 0 Å². The van der Waals surface area contributed by atoms with Crippen LogP contribution in [0.3, 0.4) is 0 Å². The van der Waals surface area contributed by atoms with E-state index in [-0.39, 0.29) is 5.54 Å². The lowest BCUT2D eigenvalue weighted by atomic mass is 9.97. The van der Waals surface area contributed by atoms with Gasteiger partial charge in [-0.25, -0.2) is 0 Å². The van der Waals surface area contributed by atoms with Crippen molar-refractivity contribution in [3.63, 3.8) is 0 Å². The molecule has 2 rings (SSSR count). The van der Waals surface area contributed by atoms with E-state index in [1.807, 2.05) is 11.3 Å². The second kappa shape index (κ2) is 3.10. The van der Waals surface area contributed by atoms with E-state index >= 15 is 0 Å². The fourth-order valence-electron chi connectivity index (χ4n) is 1.81. The Hall–Kier alpha value is -0.340. The van der Waals surface area contributed by atoms with Crippen molar-refractivity contribution in [1.29, 1.82) is 0 Å². The monoisotopic (exact) mass is 195 g/mol. The molecule has 0 radical (unpaired) electrons. The van der Waals surface area contributed by atoms with Gasteiger partial charge in [-0.1, -0.05) is 0 Å². The van der Waals surface area contributed by atoms with Gasteiger partial charge in [-0.2, -0.15) is 0 Å². The molecular formula is C11H17NS. The van der Waals surface area contributed by atoms with E-state index in [1.54, 1.807) is 10.4 Å². The van der Waals surface area contributed by atoms with Gasteiger partial charge < -0.3 is 5.73 Å². The number of aryl methyl sites for hydroxylation is 2. The molecule has 72 valence electrons. The summed E-state index contributed by atoms with van der Waals surface area (Å²) in [5, 5.41) is 0. The van der Waals surface area contributed by atoms with E-state index in [4.69, 9.17) is 5.73 Å². The number of rotatable bonds is 1. The molecule has 0 unspecified atom stereocenters. The van der Waals surface area contributed by atoms with Crippen molar-refractivity contribution in [2.24, 2.45) is 5.73 Å². The van der Waals surface area contributed by atoms with Crippen LogP contribution < -0.4 is 5.73 Å². The standard InChI is InChI=1S/C11H17NS/c1-11(2,12)10-7-8-5-3-4-6-9(8)13-10/h7H,3-6,12H2,1-2H3. The summed E-state index contributed by atoms with van der Waals surface area (Å²) in [5.41, 5.74) is 7.49. The normalized spacial score (nSPS) is 17.2. The molecule has 0 aromatic carbocycles. The van der Waals surface area contributed by atoms with E-state index < -0.39 is 0 Å². The zero-order valence-corrected chi connectivity index (χ0v) is 9.21. The molecule has 0 spiro atoms. The summed E-state index contributed by atoms with van der Waals surface area (Å²) in [6.45, 7) is 4.18. The van der Waals surface area contributed by atoms with Crippen LogP contribution in [-0.2, 0) is 18.4 Å². The van der Waals surface area contributed by atoms with Gasteiger partial charge in [0.2, 0.25) is 0 Å². The Bertz CT molecular complexity index is 283. The zero-order valence-electron chi connectivity index (χ0n) is 8.39. The predicted octanol–water partition coefficient (Wildman–Crippen LogP) is 2.82. The van der Waals surface area contributed by atoms with Gasteiger partial charge in [-0.05, 0) is 51.2 Å². The average Bonchev–Trinajstić information content (AvgIpc) is 2.45. The van der Waals surface area contributed by atoms with Gasteiger partial charge in [0.1, 0.15) is 0 Å². The SMILES string of the molecule is CC(C)(N)c1cc2c(s1)CCCC2. The van der Waals surface area contributed by atoms with Crippen LogP contribution in [0.5, 0.6) is 0 Å². The van der Waals surface area contributed by atoms with E-state index in [0.29, 0.717) is 0 Å². The first-order valence-electron chi connectivity index (χ1n) is 4.98. The van der Waals surface area contributed by atoms with Gasteiger partial charge in [0.25, 0.3) is 0 Å². The molecule has 0 saturated heterocycles. The van der Waals surface area contributed by atoms with Gasteiger partial charge in [0, 0.05) is 15.3 Å². The largest absolute Gasteiger partial charge is 0.321 e. The van der Waals surface area contributed by atoms with Gasteiger partial charge in [-0.15, -0.1) is 11.3 Å². The Labute approximate surface area is 84.0 Å². The molecule has 0 atom stereocenters. The Morgan fingerprint density at radius 3 is 2.62 bits per heavy atom. The molecule has 1 aliphatic rings. The highest BCUT2D eigenvalue weighted by atomic mass is 32.1. The summed E-state index contributed by atoms with van der Waals surface area (Å²) >= 11 is 1.92. The Balaban J connectivity index is 2.36. The van der Waals surface area contributed by atoms with Crippen LogP contribution in [0.4, 0.5) is 0 Å². The molecule has 2 heteroatoms. The van der Waals surface area contributed by atoms with Crippen LogP contribution in [0.2, 0.25) is 0 Å². The third-order valence-electron chi connectivity index (χ3n) is 2.63. The molecule has 2 N–H and O–H groups in total. The number of hydrogen-bond acceptors (Lipinski definition) is 2. The van der Waals surface area contributed by atoms with Crippen LogP contribution in [0.25, 0.3) is 0 Å². The molecule has 13 heavy (non-hydrogen) atoms. The lowest BCUT2D eigenvalue weighted by molar-refractivity contribution is 0.566. The minimum Gasteiger partial charge on any atom is -0.321 e. The molecule has 1 heterocycles. The predicted molar refractivity (Wildman–Crippen MR) is 58.2 cm³/mol. The van der Waals surface area contributed by atoms with Crippen LogP contribution >= 0.6 is 11.3 Å². The fraction of sp³-hybridized carbons (Fsp3) is 0.636. The first-order valence-corrected chi connectivity index (χ1v) is 5.80. The van der Waals surface area contributed by atoms with E-state index in [9.17, 15) is 0 Å². The highest BCUT2D eigenvalue weighted by molar-refractivity contribution is 7.12. The van der Waals surface area contributed by atoms with Gasteiger partial charge in [-0.3, -0.25) is 0 Å². The summed E-state index contributed by atoms with van der Waals surface area (Å²) in [6.07, 6.45) is 5.25. The van der Waals surface area contributed by atoms with Crippen molar-refractivity contribution >= 4 is 11.3 Å². The maximum absolute atomic E-state index is 6.08. The molecule has 0 fully saturated rings. The first kappa shape index (κ1) is 9.22. The van der Waals surface area contributed by atoms with E-state index in [0.717, 1.165) is 0 Å². The Morgan fingerprint density at radius 1 is 1.31 bits per heavy atom. The minimum absolute atomic E-state index is 0.151. The molecule has 0 saturated carbocycles. The fourth-order valence-corrected chi connectivity index (χ4v) is 3.08. The summed E-state index contributed by atoms with van der Waals surface area (Å²) in [5.74, 6) is 0. The maximum atomic E-state index is 6.08. The van der Waals surface area contributed by atoms with E-state index in [2.05, 4.69) is 19.9 Å². The lowest BCUT2D eigenvalue weighted by Crippen LogP contribution is -2.27. The molecule has 0 aliphatic heterocycles. The summed E-state index contributed by atoms with van der Waals surface area (Å²) in [7, 11) is 0. The highest BCUT2D eigenvalue weighted by Crippen LogP contribution is 2.33. The molecule has 1 aromatic rings. The Kier molecular flexibility index (Phi) is 2.20. The van der Waals surface area contributed by atoms with Crippen LogP contribution in [0, 0.1) is 0 Å². The quantitative estimate of drug-likeness (QED) is 0.732. The molecule has 1 aromatic heterocycles. The summed E-state index contributed by atoms with van der Waals surface area (Å²) in [6, 6.07) is 2.32. The van der Waals surface area contributed by atoms with Gasteiger partial charge in [0.05, 0.1) is 0 Å². The van der Waals surface area contributed by atoms with Crippen LogP contribution in [0.15, 0.2) is 6.07 Å². The Morgan fingerprint density at radius 2 is 2.00 bits per heavy atom. The molecule has 1 aliphatic carbocycles. The highest BCUT2D eigenvalue weighted by Gasteiger charge is 2.20. The third-order valence-corrected chi connectivity index (χ3v) is 4.21. The third kappa shape index (κ3) is 1.79. The topological polar surface area (TPSA) is 26.0 Å². The maximum Gasteiger partial charge on any atom is 0.0446 e. The smallest absolute Gasteiger partial charge is 0.0446 e. The van der Waals surface area contributed by atoms with Crippen molar-refractivity contribution < 1.29 is 0 Å². The number of hydrogen-bond donors (Lipinski definition) is 1. The van der Waals surface area contributed by atoms with E-state index in [1.165, 1.54) is 30.6 Å². The number of nitrogens with two attached hydrogens (primary N) is 1. The first-order chi connectivity index (χ1) is 6.07. The molecule has 0 amide bonds. The summed E-state index contributed by atoms with van der Waals surface area (Å²) in [4.78, 5) is 2.93. The second-order valence-electron chi connectivity index (χ2n) is 4.49. The molecule has 0 bridgehead atoms. The number of fused-ring (bicyclic) bond motifs is 1. The van der Waals surface area contributed by atoms with Crippen molar-refractivity contribution in [3.8, 4) is 0 Å². The van der Waals surface area contributed by atoms with Gasteiger partial charge in [0.15, 0.2) is 0 Å². The van der Waals surface area contributed by atoms with Crippen molar-refractivity contribution in [3.05, 3.63) is 21.4 Å². The van der Waals surface area contributed by atoms with Crippen LogP contribution in [-0.4, -0.2) is 0 Å².